The Morgan fingerprint density at radius 3 is 2.48 bits per heavy atom. The van der Waals surface area contributed by atoms with Gasteiger partial charge in [0, 0.05) is 65.5 Å². The minimum Gasteiger partial charge on any atom is -0.497 e. The molecule has 1 amide bonds. The third-order valence-corrected chi connectivity index (χ3v) is 7.63. The molecule has 1 aliphatic carbocycles. The van der Waals surface area contributed by atoms with E-state index < -0.39 is 24.1 Å². The van der Waals surface area contributed by atoms with E-state index in [1.807, 2.05) is 0 Å². The van der Waals surface area contributed by atoms with Crippen molar-refractivity contribution in [1.82, 2.24) is 0 Å². The number of fused-ring (bicyclic) bond motifs is 2. The summed E-state index contributed by atoms with van der Waals surface area (Å²) in [6.45, 7) is 0.556. The van der Waals surface area contributed by atoms with Crippen LogP contribution in [0, 0.1) is 0 Å². The Morgan fingerprint density at radius 2 is 1.81 bits per heavy atom. The van der Waals surface area contributed by atoms with Crippen molar-refractivity contribution in [2.75, 3.05) is 44.2 Å². The molecule has 0 radical (unpaired) electrons. The van der Waals surface area contributed by atoms with Gasteiger partial charge in [0.15, 0.2) is 0 Å². The quantitative estimate of drug-likeness (QED) is 0.250. The van der Waals surface area contributed by atoms with Gasteiger partial charge in [-0.15, -0.1) is 13.2 Å². The molecular formula is C30H30ClF3N2O6. The fourth-order valence-electron chi connectivity index (χ4n) is 5.26. The number of rotatable bonds is 11. The molecule has 0 aromatic heterocycles. The third-order valence-electron chi connectivity index (χ3n) is 7.40. The molecule has 1 saturated carbocycles. The van der Waals surface area contributed by atoms with Crippen molar-refractivity contribution in [3.8, 4) is 23.0 Å². The fourth-order valence-corrected chi connectivity index (χ4v) is 5.42. The maximum atomic E-state index is 14.5. The van der Waals surface area contributed by atoms with Crippen LogP contribution in [-0.4, -0.2) is 51.4 Å². The van der Waals surface area contributed by atoms with Crippen molar-refractivity contribution in [3.63, 3.8) is 0 Å². The van der Waals surface area contributed by atoms with Crippen molar-refractivity contribution >= 4 is 28.9 Å². The summed E-state index contributed by atoms with van der Waals surface area (Å²) in [6.07, 6.45) is -2.81. The van der Waals surface area contributed by atoms with Crippen LogP contribution in [0.15, 0.2) is 54.6 Å². The van der Waals surface area contributed by atoms with E-state index in [2.05, 4.69) is 10.1 Å². The average molecular weight is 607 g/mol. The molecule has 1 unspecified atom stereocenters. The van der Waals surface area contributed by atoms with E-state index in [1.165, 1.54) is 31.3 Å². The molecular weight excluding hydrogens is 577 g/mol. The molecule has 42 heavy (non-hydrogen) atoms. The first-order valence-electron chi connectivity index (χ1n) is 13.3. The van der Waals surface area contributed by atoms with Gasteiger partial charge in [-0.2, -0.15) is 0 Å². The SMILES string of the molecule is COc1cc(NC(C(=O)N2CC3(CC3)c3ccc(OC(F)(F)F)cc32)c2ccc(Cl)cc2OC)cc(OCCCO)c1. The Bertz CT molecular complexity index is 1460. The van der Waals surface area contributed by atoms with Gasteiger partial charge in [0.05, 0.1) is 26.5 Å². The Kier molecular flexibility index (Phi) is 8.34. The van der Waals surface area contributed by atoms with E-state index in [0.717, 1.165) is 18.4 Å². The lowest BCUT2D eigenvalue weighted by molar-refractivity contribution is -0.274. The molecule has 3 aromatic carbocycles. The molecule has 1 aliphatic heterocycles. The Balaban J connectivity index is 1.55. The highest BCUT2D eigenvalue weighted by molar-refractivity contribution is 6.30. The number of nitrogens with one attached hydrogen (secondary N) is 1. The van der Waals surface area contributed by atoms with Gasteiger partial charge in [0.1, 0.15) is 29.0 Å². The number of aliphatic hydroxyl groups is 1. The average Bonchev–Trinajstić information content (AvgIpc) is 3.66. The molecule has 224 valence electrons. The van der Waals surface area contributed by atoms with Gasteiger partial charge < -0.3 is 34.3 Å². The van der Waals surface area contributed by atoms with Crippen LogP contribution in [0.1, 0.15) is 36.4 Å². The normalized spacial score (nSPS) is 15.6. The number of alkyl halides is 3. The van der Waals surface area contributed by atoms with Crippen LogP contribution in [0.4, 0.5) is 24.5 Å². The zero-order valence-corrected chi connectivity index (χ0v) is 23.7. The second-order valence-corrected chi connectivity index (χ2v) is 10.7. The second kappa shape index (κ2) is 11.8. The summed E-state index contributed by atoms with van der Waals surface area (Å²) in [4.78, 5) is 16.0. The number of hydrogen-bond acceptors (Lipinski definition) is 7. The summed E-state index contributed by atoms with van der Waals surface area (Å²) in [6, 6.07) is 13.1. The summed E-state index contributed by atoms with van der Waals surface area (Å²) < 4.78 is 60.1. The largest absolute Gasteiger partial charge is 0.573 e. The molecule has 1 spiro atoms. The molecule has 5 rings (SSSR count). The van der Waals surface area contributed by atoms with Gasteiger partial charge in [-0.3, -0.25) is 4.79 Å². The fraction of sp³-hybridized carbons (Fsp3) is 0.367. The molecule has 12 heteroatoms. The lowest BCUT2D eigenvalue weighted by Crippen LogP contribution is -2.38. The lowest BCUT2D eigenvalue weighted by atomic mass is 9.99. The number of ether oxygens (including phenoxy) is 4. The Hall–Kier alpha value is -3.83. The van der Waals surface area contributed by atoms with Crippen LogP contribution in [0.5, 0.6) is 23.0 Å². The number of carbonyl (C=O) groups excluding carboxylic acids is 1. The Labute approximate surface area is 245 Å². The molecule has 2 aliphatic rings. The molecule has 3 aromatic rings. The lowest BCUT2D eigenvalue weighted by Gasteiger charge is -2.28. The number of nitrogens with zero attached hydrogens (tertiary/aromatic N) is 1. The van der Waals surface area contributed by atoms with Gasteiger partial charge in [-0.05, 0) is 36.6 Å². The van der Waals surface area contributed by atoms with Gasteiger partial charge in [-0.1, -0.05) is 23.7 Å². The Morgan fingerprint density at radius 1 is 1.05 bits per heavy atom. The molecule has 0 bridgehead atoms. The minimum atomic E-state index is -4.87. The van der Waals surface area contributed by atoms with E-state index >= 15 is 0 Å². The number of aliphatic hydroxyl groups excluding tert-OH is 1. The van der Waals surface area contributed by atoms with Crippen LogP contribution in [0.2, 0.25) is 5.02 Å². The summed E-state index contributed by atoms with van der Waals surface area (Å²) in [5.74, 6) is 0.464. The zero-order valence-electron chi connectivity index (χ0n) is 23.0. The first kappa shape index (κ1) is 29.7. The molecule has 1 atom stereocenters. The first-order chi connectivity index (χ1) is 20.1. The highest BCUT2D eigenvalue weighted by Gasteiger charge is 2.54. The monoisotopic (exact) mass is 606 g/mol. The first-order valence-corrected chi connectivity index (χ1v) is 13.7. The maximum Gasteiger partial charge on any atom is 0.573 e. The van der Waals surface area contributed by atoms with Gasteiger partial charge in [-0.25, -0.2) is 0 Å². The third kappa shape index (κ3) is 6.32. The standard InChI is InChI=1S/C30H30ClF3N2O6/c1-39-21-13-19(14-22(15-21)41-11-3-10-37)35-27(23-6-4-18(31)12-26(23)40-2)28(38)36-17-29(8-9-29)24-7-5-20(16-25(24)36)42-30(32,33)34/h4-7,12-16,27,35,37H,3,8-11,17H2,1-2H3. The van der Waals surface area contributed by atoms with Crippen LogP contribution in [0.25, 0.3) is 0 Å². The molecule has 1 fully saturated rings. The summed E-state index contributed by atoms with van der Waals surface area (Å²) in [5.41, 5.74) is 1.84. The van der Waals surface area contributed by atoms with Crippen molar-refractivity contribution in [1.29, 1.82) is 0 Å². The number of halogens is 4. The topological polar surface area (TPSA) is 89.5 Å². The van der Waals surface area contributed by atoms with Crippen molar-refractivity contribution in [2.45, 2.75) is 37.1 Å². The minimum absolute atomic E-state index is 0.0312. The number of amides is 1. The number of methoxy groups -OCH3 is 2. The second-order valence-electron chi connectivity index (χ2n) is 10.2. The van der Waals surface area contributed by atoms with E-state index in [4.69, 9.17) is 30.9 Å². The number of hydrogen-bond donors (Lipinski definition) is 2. The van der Waals surface area contributed by atoms with Gasteiger partial charge in [0.2, 0.25) is 0 Å². The number of anilines is 2. The molecule has 0 saturated heterocycles. The van der Waals surface area contributed by atoms with Crippen LogP contribution in [-0.2, 0) is 10.2 Å². The van der Waals surface area contributed by atoms with Crippen molar-refractivity contribution in [3.05, 3.63) is 70.7 Å². The van der Waals surface area contributed by atoms with Crippen LogP contribution >= 0.6 is 11.6 Å². The predicted octanol–water partition coefficient (Wildman–Crippen LogP) is 6.25. The van der Waals surface area contributed by atoms with E-state index in [1.54, 1.807) is 42.5 Å². The number of benzene rings is 3. The van der Waals surface area contributed by atoms with Crippen LogP contribution in [0.3, 0.4) is 0 Å². The van der Waals surface area contributed by atoms with Gasteiger partial charge in [0.25, 0.3) is 5.91 Å². The van der Waals surface area contributed by atoms with Crippen LogP contribution < -0.4 is 29.2 Å². The number of carbonyl (C=O) groups is 1. The van der Waals surface area contributed by atoms with E-state index in [9.17, 15) is 18.0 Å². The molecule has 1 heterocycles. The summed E-state index contributed by atoms with van der Waals surface area (Å²) in [7, 11) is 2.96. The van der Waals surface area contributed by atoms with E-state index in [-0.39, 0.29) is 18.6 Å². The summed E-state index contributed by atoms with van der Waals surface area (Å²) in [5, 5.41) is 12.8. The highest BCUT2D eigenvalue weighted by atomic mass is 35.5. The highest BCUT2D eigenvalue weighted by Crippen LogP contribution is 2.57. The molecule has 8 nitrogen and oxygen atoms in total. The van der Waals surface area contributed by atoms with Gasteiger partial charge >= 0.3 is 6.36 Å². The smallest absolute Gasteiger partial charge is 0.497 e. The predicted molar refractivity (Wildman–Crippen MR) is 151 cm³/mol. The molecule has 2 N–H and O–H groups in total. The zero-order chi connectivity index (χ0) is 30.1. The summed E-state index contributed by atoms with van der Waals surface area (Å²) >= 11 is 6.22. The van der Waals surface area contributed by atoms with E-state index in [0.29, 0.717) is 52.2 Å². The van der Waals surface area contributed by atoms with Crippen molar-refractivity contribution in [2.24, 2.45) is 0 Å². The maximum absolute atomic E-state index is 14.5. The van der Waals surface area contributed by atoms with Crippen molar-refractivity contribution < 1.29 is 42.0 Å².